The maximum absolute atomic E-state index is 11.9. The van der Waals surface area contributed by atoms with Crippen LogP contribution in [0.5, 0.6) is 0 Å². The van der Waals surface area contributed by atoms with Gasteiger partial charge in [-0.05, 0) is 6.07 Å². The van der Waals surface area contributed by atoms with Gasteiger partial charge in [0.05, 0.1) is 28.7 Å². The monoisotopic (exact) mass is 295 g/mol. The number of hydrogen-bond donors (Lipinski definition) is 2. The highest BCUT2D eigenvalue weighted by molar-refractivity contribution is 7.20. The predicted octanol–water partition coefficient (Wildman–Crippen LogP) is 1.27. The number of halogens is 2. The van der Waals surface area contributed by atoms with E-state index in [0.717, 1.165) is 11.3 Å². The Balaban J connectivity index is 2.01. The van der Waals surface area contributed by atoms with Gasteiger partial charge in [0.2, 0.25) is 0 Å². The number of Topliss-reactive ketones (excluding diaryl/α,β-unsaturated/α-hetero) is 1. The Morgan fingerprint density at radius 3 is 2.47 bits per heavy atom. The topological polar surface area (TPSA) is 60.8 Å². The van der Waals surface area contributed by atoms with Crippen molar-refractivity contribution in [3.05, 3.63) is 20.3 Å². The van der Waals surface area contributed by atoms with Crippen LogP contribution in [0.15, 0.2) is 6.07 Å². The van der Waals surface area contributed by atoms with Crippen LogP contribution in [0.3, 0.4) is 0 Å². The second kappa shape index (κ2) is 5.22. The average molecular weight is 296 g/mol. The molecule has 1 saturated heterocycles. The molecule has 2 heterocycles. The van der Waals surface area contributed by atoms with Gasteiger partial charge in [-0.25, -0.2) is 0 Å². The molecule has 2 N–H and O–H groups in total. The molecule has 1 aliphatic rings. The third-order valence-corrected chi connectivity index (χ3v) is 4.15. The minimum atomic E-state index is -0.788. The second-order valence-corrected chi connectivity index (χ2v) is 6.28. The van der Waals surface area contributed by atoms with Crippen LogP contribution in [0, 0.1) is 0 Å². The molecule has 1 aromatic heterocycles. The molecule has 2 unspecified atom stereocenters. The van der Waals surface area contributed by atoms with E-state index in [0.29, 0.717) is 27.3 Å². The molecule has 0 radical (unpaired) electrons. The normalized spacial score (nSPS) is 25.4. The van der Waals surface area contributed by atoms with Gasteiger partial charge in [-0.2, -0.15) is 0 Å². The van der Waals surface area contributed by atoms with Crippen LogP contribution in [0.4, 0.5) is 0 Å². The summed E-state index contributed by atoms with van der Waals surface area (Å²) in [6, 6.07) is 1.54. The van der Waals surface area contributed by atoms with Crippen LogP contribution in [0.2, 0.25) is 8.67 Å². The van der Waals surface area contributed by atoms with Gasteiger partial charge in [0.1, 0.15) is 4.34 Å². The van der Waals surface area contributed by atoms with E-state index in [1.165, 1.54) is 0 Å². The quantitative estimate of drug-likeness (QED) is 0.825. The summed E-state index contributed by atoms with van der Waals surface area (Å²) < 4.78 is 0.847. The maximum atomic E-state index is 11.9. The molecule has 1 fully saturated rings. The molecule has 1 aliphatic heterocycles. The zero-order valence-electron chi connectivity index (χ0n) is 8.77. The summed E-state index contributed by atoms with van der Waals surface area (Å²) in [7, 11) is 0. The lowest BCUT2D eigenvalue weighted by atomic mass is 10.2. The highest BCUT2D eigenvalue weighted by atomic mass is 35.5. The van der Waals surface area contributed by atoms with E-state index in [-0.39, 0.29) is 12.3 Å². The molecular formula is C10H11Cl2NO3S. The summed E-state index contributed by atoms with van der Waals surface area (Å²) in [4.78, 5) is 13.6. The van der Waals surface area contributed by atoms with Gasteiger partial charge in [-0.1, -0.05) is 23.2 Å². The van der Waals surface area contributed by atoms with Crippen LogP contribution in [-0.4, -0.2) is 52.7 Å². The largest absolute Gasteiger partial charge is 0.389 e. The minimum absolute atomic E-state index is 0.126. The molecule has 2 atom stereocenters. The molecule has 94 valence electrons. The zero-order valence-corrected chi connectivity index (χ0v) is 11.1. The highest BCUT2D eigenvalue weighted by Crippen LogP contribution is 2.31. The first-order valence-corrected chi connectivity index (χ1v) is 6.61. The van der Waals surface area contributed by atoms with Gasteiger partial charge < -0.3 is 10.2 Å². The molecule has 4 nitrogen and oxygen atoms in total. The van der Waals surface area contributed by atoms with E-state index in [4.69, 9.17) is 23.2 Å². The van der Waals surface area contributed by atoms with Gasteiger partial charge in [-0.3, -0.25) is 9.69 Å². The first kappa shape index (κ1) is 13.3. The smallest absolute Gasteiger partial charge is 0.179 e. The van der Waals surface area contributed by atoms with E-state index in [1.807, 2.05) is 0 Å². The molecule has 0 aliphatic carbocycles. The van der Waals surface area contributed by atoms with Crippen molar-refractivity contribution in [2.75, 3.05) is 19.6 Å². The van der Waals surface area contributed by atoms with Crippen molar-refractivity contribution in [2.24, 2.45) is 0 Å². The fourth-order valence-corrected chi connectivity index (χ4v) is 3.29. The Bertz CT molecular complexity index is 427. The molecule has 0 spiro atoms. The Morgan fingerprint density at radius 1 is 1.41 bits per heavy atom. The molecule has 0 aromatic carbocycles. The Hall–Kier alpha value is -0.170. The standard InChI is InChI=1S/C10H11Cl2NO3S/c11-9-1-5(10(12)17-9)6(14)2-13-3-7(15)8(16)4-13/h1,7-8,15-16H,2-4H2. The number of carbonyl (C=O) groups is 1. The Labute approximate surface area is 112 Å². The van der Waals surface area contributed by atoms with Crippen molar-refractivity contribution in [2.45, 2.75) is 12.2 Å². The van der Waals surface area contributed by atoms with Crippen LogP contribution < -0.4 is 0 Å². The molecule has 17 heavy (non-hydrogen) atoms. The SMILES string of the molecule is O=C(CN1CC(O)C(O)C1)c1cc(Cl)sc1Cl. The summed E-state index contributed by atoms with van der Waals surface area (Å²) in [6.07, 6.45) is -1.58. The van der Waals surface area contributed by atoms with Crippen LogP contribution in [0.1, 0.15) is 10.4 Å². The number of rotatable bonds is 3. The molecule has 0 bridgehead atoms. The predicted molar refractivity (Wildman–Crippen MR) is 67.1 cm³/mol. The maximum Gasteiger partial charge on any atom is 0.179 e. The zero-order chi connectivity index (χ0) is 12.6. The molecule has 1 aromatic rings. The highest BCUT2D eigenvalue weighted by Gasteiger charge is 2.31. The van der Waals surface area contributed by atoms with Crippen molar-refractivity contribution in [3.8, 4) is 0 Å². The molecule has 0 saturated carbocycles. The summed E-state index contributed by atoms with van der Waals surface area (Å²) in [5, 5.41) is 18.7. The number of thiophene rings is 1. The number of likely N-dealkylation sites (tertiary alicyclic amines) is 1. The van der Waals surface area contributed by atoms with Crippen molar-refractivity contribution in [1.82, 2.24) is 4.90 Å². The number of carbonyl (C=O) groups excluding carboxylic acids is 1. The number of aliphatic hydroxyl groups excluding tert-OH is 2. The van der Waals surface area contributed by atoms with E-state index >= 15 is 0 Å². The van der Waals surface area contributed by atoms with E-state index in [1.54, 1.807) is 11.0 Å². The van der Waals surface area contributed by atoms with Gasteiger partial charge in [0, 0.05) is 13.1 Å². The summed E-state index contributed by atoms with van der Waals surface area (Å²) in [5.74, 6) is -0.153. The lowest BCUT2D eigenvalue weighted by Crippen LogP contribution is -2.28. The van der Waals surface area contributed by atoms with Crippen LogP contribution in [-0.2, 0) is 0 Å². The first-order chi connectivity index (χ1) is 7.97. The lowest BCUT2D eigenvalue weighted by molar-refractivity contribution is 0.0572. The van der Waals surface area contributed by atoms with E-state index in [2.05, 4.69) is 0 Å². The Kier molecular flexibility index (Phi) is 4.07. The third-order valence-electron chi connectivity index (χ3n) is 2.66. The van der Waals surface area contributed by atoms with Gasteiger partial charge >= 0.3 is 0 Å². The van der Waals surface area contributed by atoms with Crippen molar-refractivity contribution < 1.29 is 15.0 Å². The van der Waals surface area contributed by atoms with Gasteiger partial charge in [0.15, 0.2) is 5.78 Å². The van der Waals surface area contributed by atoms with Crippen molar-refractivity contribution in [3.63, 3.8) is 0 Å². The number of nitrogens with zero attached hydrogens (tertiary/aromatic N) is 1. The number of aliphatic hydroxyl groups is 2. The number of β-amino-alcohol motifs (C(OH)–C–C–N with tert-alkyl or cyclic N) is 2. The fraction of sp³-hybridized carbons (Fsp3) is 0.500. The van der Waals surface area contributed by atoms with Gasteiger partial charge in [0.25, 0.3) is 0 Å². The van der Waals surface area contributed by atoms with Crippen LogP contribution in [0.25, 0.3) is 0 Å². The van der Waals surface area contributed by atoms with E-state index in [9.17, 15) is 15.0 Å². The summed E-state index contributed by atoms with van der Waals surface area (Å²) in [5.41, 5.74) is 0.401. The molecule has 2 rings (SSSR count). The van der Waals surface area contributed by atoms with Crippen molar-refractivity contribution >= 4 is 40.3 Å². The minimum Gasteiger partial charge on any atom is -0.389 e. The second-order valence-electron chi connectivity index (χ2n) is 3.99. The molecular weight excluding hydrogens is 285 g/mol. The number of ketones is 1. The summed E-state index contributed by atoms with van der Waals surface area (Å²) >= 11 is 12.8. The fourth-order valence-electron chi connectivity index (χ4n) is 1.79. The average Bonchev–Trinajstić information content (AvgIpc) is 2.71. The third kappa shape index (κ3) is 2.99. The molecule has 7 heteroatoms. The van der Waals surface area contributed by atoms with E-state index < -0.39 is 12.2 Å². The first-order valence-electron chi connectivity index (χ1n) is 5.04. The molecule has 0 amide bonds. The van der Waals surface area contributed by atoms with Crippen molar-refractivity contribution in [1.29, 1.82) is 0 Å². The number of hydrogen-bond acceptors (Lipinski definition) is 5. The van der Waals surface area contributed by atoms with Gasteiger partial charge in [-0.15, -0.1) is 11.3 Å². The van der Waals surface area contributed by atoms with Crippen LogP contribution >= 0.6 is 34.5 Å². The summed E-state index contributed by atoms with van der Waals surface area (Å²) in [6.45, 7) is 0.714. The Morgan fingerprint density at radius 2 is 2.00 bits per heavy atom. The lowest BCUT2D eigenvalue weighted by Gasteiger charge is -2.12.